The quantitative estimate of drug-likeness (QED) is 0.439. The van der Waals surface area contributed by atoms with Gasteiger partial charge in [-0.1, -0.05) is 12.1 Å². The van der Waals surface area contributed by atoms with Crippen molar-refractivity contribution in [3.63, 3.8) is 0 Å². The summed E-state index contributed by atoms with van der Waals surface area (Å²) in [5, 5.41) is 0. The number of methoxy groups -OCH3 is 3. The van der Waals surface area contributed by atoms with Crippen LogP contribution in [0.25, 0.3) is 6.08 Å². The maximum atomic E-state index is 12.0. The molecule has 0 saturated heterocycles. The Bertz CT molecular complexity index is 866. The third-order valence-corrected chi connectivity index (χ3v) is 3.54. The van der Waals surface area contributed by atoms with Gasteiger partial charge in [0.05, 0.1) is 32.5 Å². The summed E-state index contributed by atoms with van der Waals surface area (Å²) in [5.74, 6) is -1.20. The van der Waals surface area contributed by atoms with E-state index >= 15 is 0 Å². The summed E-state index contributed by atoms with van der Waals surface area (Å²) in [7, 11) is 3.97. The number of carbonyl (C=O) groups excluding carboxylic acids is 3. The van der Waals surface area contributed by atoms with Crippen LogP contribution in [0.1, 0.15) is 26.3 Å². The second-order valence-electron chi connectivity index (χ2n) is 5.23. The predicted octanol–water partition coefficient (Wildman–Crippen LogP) is 2.89. The first-order chi connectivity index (χ1) is 13.0. The summed E-state index contributed by atoms with van der Waals surface area (Å²) in [6.45, 7) is 0. The minimum absolute atomic E-state index is 0.167. The van der Waals surface area contributed by atoms with Crippen LogP contribution in [-0.4, -0.2) is 39.2 Å². The second-order valence-corrected chi connectivity index (χ2v) is 5.23. The van der Waals surface area contributed by atoms with Gasteiger partial charge in [0.1, 0.15) is 0 Å². The molecule has 0 unspecified atom stereocenters. The Morgan fingerprint density at radius 1 is 0.778 bits per heavy atom. The van der Waals surface area contributed by atoms with Crippen LogP contribution in [0.5, 0.6) is 11.5 Å². The van der Waals surface area contributed by atoms with E-state index in [2.05, 4.69) is 9.47 Å². The summed E-state index contributed by atoms with van der Waals surface area (Å²) >= 11 is 0. The maximum absolute atomic E-state index is 12.0. The molecule has 0 fully saturated rings. The van der Waals surface area contributed by atoms with Crippen LogP contribution in [0.4, 0.5) is 0 Å². The molecule has 0 radical (unpaired) electrons. The topological polar surface area (TPSA) is 88.1 Å². The Kier molecular flexibility index (Phi) is 6.71. The lowest BCUT2D eigenvalue weighted by atomic mass is 10.1. The fourth-order valence-electron chi connectivity index (χ4n) is 2.15. The fraction of sp³-hybridized carbons (Fsp3) is 0.150. The summed E-state index contributed by atoms with van der Waals surface area (Å²) in [4.78, 5) is 34.9. The zero-order chi connectivity index (χ0) is 19.8. The monoisotopic (exact) mass is 370 g/mol. The highest BCUT2D eigenvalue weighted by atomic mass is 16.6. The average molecular weight is 370 g/mol. The first-order valence-corrected chi connectivity index (χ1v) is 7.83. The van der Waals surface area contributed by atoms with Crippen molar-refractivity contribution in [3.8, 4) is 11.5 Å². The molecule has 0 aliphatic carbocycles. The lowest BCUT2D eigenvalue weighted by Crippen LogP contribution is -2.07. The van der Waals surface area contributed by atoms with Gasteiger partial charge in [0.15, 0.2) is 11.5 Å². The molecule has 0 N–H and O–H groups in total. The fourth-order valence-corrected chi connectivity index (χ4v) is 2.15. The first-order valence-electron chi connectivity index (χ1n) is 7.83. The van der Waals surface area contributed by atoms with Gasteiger partial charge in [0.25, 0.3) is 0 Å². The van der Waals surface area contributed by atoms with E-state index in [0.29, 0.717) is 11.1 Å². The third-order valence-electron chi connectivity index (χ3n) is 3.54. The van der Waals surface area contributed by atoms with Gasteiger partial charge in [0, 0.05) is 6.08 Å². The van der Waals surface area contributed by atoms with Crippen LogP contribution in [0.15, 0.2) is 48.5 Å². The van der Waals surface area contributed by atoms with Crippen molar-refractivity contribution in [2.75, 3.05) is 21.3 Å². The van der Waals surface area contributed by atoms with Crippen LogP contribution < -0.4 is 9.47 Å². The molecule has 27 heavy (non-hydrogen) atoms. The average Bonchev–Trinajstić information content (AvgIpc) is 2.71. The van der Waals surface area contributed by atoms with Gasteiger partial charge in [-0.2, -0.15) is 0 Å². The molecular formula is C20H18O7. The number of hydrogen-bond donors (Lipinski definition) is 0. The molecule has 0 saturated carbocycles. The van der Waals surface area contributed by atoms with Gasteiger partial charge >= 0.3 is 17.9 Å². The van der Waals surface area contributed by atoms with Gasteiger partial charge < -0.3 is 18.9 Å². The minimum Gasteiger partial charge on any atom is -0.493 e. The van der Waals surface area contributed by atoms with E-state index in [1.165, 1.54) is 45.6 Å². The van der Waals surface area contributed by atoms with Crippen molar-refractivity contribution in [1.29, 1.82) is 0 Å². The Balaban J connectivity index is 2.07. The lowest BCUT2D eigenvalue weighted by Gasteiger charge is -2.09. The van der Waals surface area contributed by atoms with Gasteiger partial charge in [-0.3, -0.25) is 0 Å². The van der Waals surface area contributed by atoms with Crippen molar-refractivity contribution in [2.45, 2.75) is 0 Å². The van der Waals surface area contributed by atoms with Crippen LogP contribution >= 0.6 is 0 Å². The molecule has 140 valence electrons. The van der Waals surface area contributed by atoms with E-state index in [9.17, 15) is 14.4 Å². The van der Waals surface area contributed by atoms with Crippen molar-refractivity contribution in [3.05, 3.63) is 65.2 Å². The van der Waals surface area contributed by atoms with E-state index < -0.39 is 17.9 Å². The van der Waals surface area contributed by atoms with E-state index in [1.54, 1.807) is 30.3 Å². The molecule has 2 aromatic carbocycles. The van der Waals surface area contributed by atoms with Gasteiger partial charge in [-0.05, 0) is 42.0 Å². The largest absolute Gasteiger partial charge is 0.493 e. The molecule has 0 aliphatic rings. The molecular weight excluding hydrogens is 352 g/mol. The van der Waals surface area contributed by atoms with Gasteiger partial charge in [0.2, 0.25) is 0 Å². The number of carbonyl (C=O) groups is 3. The predicted molar refractivity (Wildman–Crippen MR) is 96.8 cm³/mol. The molecule has 0 bridgehead atoms. The standard InChI is InChI=1S/C20H18O7/c1-24-17-12-15(20(23)26-3)9-10-16(17)27-18(21)11-6-13-4-7-14(8-5-13)19(22)25-2/h4-12H,1-3H3/b11-6+. The zero-order valence-electron chi connectivity index (χ0n) is 15.1. The molecule has 0 aliphatic heterocycles. The van der Waals surface area contributed by atoms with Crippen LogP contribution in [0.3, 0.4) is 0 Å². The van der Waals surface area contributed by atoms with Crippen molar-refractivity contribution < 1.29 is 33.3 Å². The normalized spacial score (nSPS) is 10.3. The van der Waals surface area contributed by atoms with Crippen LogP contribution in [0, 0.1) is 0 Å². The molecule has 0 amide bonds. The van der Waals surface area contributed by atoms with Crippen molar-refractivity contribution in [2.24, 2.45) is 0 Å². The number of benzene rings is 2. The second kappa shape index (κ2) is 9.19. The van der Waals surface area contributed by atoms with Crippen LogP contribution in [-0.2, 0) is 14.3 Å². The van der Waals surface area contributed by atoms with Gasteiger partial charge in [-0.25, -0.2) is 14.4 Å². The summed E-state index contributed by atoms with van der Waals surface area (Å²) in [5.41, 5.74) is 1.38. The molecule has 7 heteroatoms. The molecule has 7 nitrogen and oxygen atoms in total. The number of esters is 3. The van der Waals surface area contributed by atoms with E-state index in [4.69, 9.17) is 9.47 Å². The van der Waals surface area contributed by atoms with E-state index in [0.717, 1.165) is 0 Å². The Morgan fingerprint density at radius 3 is 1.96 bits per heavy atom. The highest BCUT2D eigenvalue weighted by molar-refractivity contribution is 5.92. The highest BCUT2D eigenvalue weighted by Crippen LogP contribution is 2.28. The van der Waals surface area contributed by atoms with Crippen molar-refractivity contribution >= 4 is 24.0 Å². The van der Waals surface area contributed by atoms with E-state index in [1.807, 2.05) is 0 Å². The number of ether oxygens (including phenoxy) is 4. The molecule has 2 aromatic rings. The third kappa shape index (κ3) is 5.18. The highest BCUT2D eigenvalue weighted by Gasteiger charge is 2.13. The van der Waals surface area contributed by atoms with Crippen molar-refractivity contribution in [1.82, 2.24) is 0 Å². The molecule has 0 spiro atoms. The lowest BCUT2D eigenvalue weighted by molar-refractivity contribution is -0.129. The number of hydrogen-bond acceptors (Lipinski definition) is 7. The molecule has 0 atom stereocenters. The maximum Gasteiger partial charge on any atom is 0.337 e. The Labute approximate surface area is 156 Å². The zero-order valence-corrected chi connectivity index (χ0v) is 15.1. The molecule has 2 rings (SSSR count). The summed E-state index contributed by atoms with van der Waals surface area (Å²) < 4.78 is 19.6. The Hall–Kier alpha value is -3.61. The number of rotatable bonds is 6. The summed E-state index contributed by atoms with van der Waals surface area (Å²) in [6.07, 6.45) is 2.78. The van der Waals surface area contributed by atoms with Gasteiger partial charge in [-0.15, -0.1) is 0 Å². The van der Waals surface area contributed by atoms with E-state index in [-0.39, 0.29) is 17.1 Å². The molecule has 0 heterocycles. The first kappa shape index (κ1) is 19.7. The smallest absolute Gasteiger partial charge is 0.337 e. The SMILES string of the molecule is COC(=O)c1ccc(/C=C/C(=O)Oc2ccc(C(=O)OC)cc2OC)cc1. The van der Waals surface area contributed by atoms with Crippen LogP contribution in [0.2, 0.25) is 0 Å². The minimum atomic E-state index is -0.629. The Morgan fingerprint density at radius 2 is 1.37 bits per heavy atom. The summed E-state index contributed by atoms with van der Waals surface area (Å²) in [6, 6.07) is 10.8. The molecule has 0 aromatic heterocycles.